The fourth-order valence-corrected chi connectivity index (χ4v) is 4.06. The maximum Gasteiger partial charge on any atom is 0.233 e. The van der Waals surface area contributed by atoms with Gasteiger partial charge in [0.25, 0.3) is 0 Å². The van der Waals surface area contributed by atoms with E-state index < -0.39 is 0 Å². The summed E-state index contributed by atoms with van der Waals surface area (Å²) in [5, 5.41) is 10.2. The number of amides is 1. The Kier molecular flexibility index (Phi) is 7.72. The van der Waals surface area contributed by atoms with Crippen molar-refractivity contribution < 1.29 is 4.79 Å². The van der Waals surface area contributed by atoms with Crippen molar-refractivity contribution in [1.29, 1.82) is 0 Å². The Morgan fingerprint density at radius 2 is 1.66 bits per heavy atom. The lowest BCUT2D eigenvalue weighted by molar-refractivity contribution is -0.128. The van der Waals surface area contributed by atoms with Crippen molar-refractivity contribution in [3.63, 3.8) is 0 Å². The molecule has 0 atom stereocenters. The van der Waals surface area contributed by atoms with Gasteiger partial charge in [0.2, 0.25) is 5.91 Å². The zero-order valence-corrected chi connectivity index (χ0v) is 18.3. The van der Waals surface area contributed by atoms with Gasteiger partial charge in [-0.3, -0.25) is 9.36 Å². The molecule has 0 radical (unpaired) electrons. The third kappa shape index (κ3) is 5.40. The first kappa shape index (κ1) is 21.4. The molecule has 0 aliphatic carbocycles. The second-order valence-corrected chi connectivity index (χ2v) is 8.03. The van der Waals surface area contributed by atoms with Crippen LogP contribution in [0.4, 0.5) is 0 Å². The van der Waals surface area contributed by atoms with E-state index in [2.05, 4.69) is 24.0 Å². The summed E-state index contributed by atoms with van der Waals surface area (Å²) in [6, 6.07) is 17.5. The van der Waals surface area contributed by atoms with E-state index in [9.17, 15) is 4.79 Å². The van der Waals surface area contributed by atoms with Gasteiger partial charge in [-0.15, -0.1) is 10.2 Å². The molecule has 0 bridgehead atoms. The van der Waals surface area contributed by atoms with E-state index in [0.29, 0.717) is 15.9 Å². The van der Waals surface area contributed by atoms with Crippen LogP contribution in [0.25, 0.3) is 17.1 Å². The van der Waals surface area contributed by atoms with Crippen molar-refractivity contribution in [3.05, 3.63) is 59.6 Å². The molecule has 29 heavy (non-hydrogen) atoms. The molecule has 7 heteroatoms. The Morgan fingerprint density at radius 1 is 1.00 bits per heavy atom. The van der Waals surface area contributed by atoms with Crippen LogP contribution < -0.4 is 0 Å². The molecule has 3 rings (SSSR count). The van der Waals surface area contributed by atoms with Gasteiger partial charge in [-0.1, -0.05) is 55.4 Å². The van der Waals surface area contributed by atoms with E-state index in [1.54, 1.807) is 0 Å². The Morgan fingerprint density at radius 3 is 2.28 bits per heavy atom. The van der Waals surface area contributed by atoms with Crippen LogP contribution in [0, 0.1) is 0 Å². The fourth-order valence-electron chi connectivity index (χ4n) is 3.08. The van der Waals surface area contributed by atoms with Crippen LogP contribution in [0.3, 0.4) is 0 Å². The highest BCUT2D eigenvalue weighted by atomic mass is 35.5. The molecule has 5 nitrogen and oxygen atoms in total. The molecule has 0 fully saturated rings. The molecule has 0 aliphatic rings. The van der Waals surface area contributed by atoms with Crippen molar-refractivity contribution >= 4 is 29.3 Å². The molecule has 3 aromatic rings. The molecule has 2 aromatic carbocycles. The number of nitrogens with zero attached hydrogens (tertiary/aromatic N) is 4. The SMILES string of the molecule is CCCN(CCC)C(=O)CSc1nnc(-c2ccc(Cl)cc2)n1-c1ccccc1. The van der Waals surface area contributed by atoms with Crippen LogP contribution >= 0.6 is 23.4 Å². The normalized spacial score (nSPS) is 10.9. The number of thioether (sulfide) groups is 1. The quantitative estimate of drug-likeness (QED) is 0.432. The molecule has 0 unspecified atom stereocenters. The van der Waals surface area contributed by atoms with Gasteiger partial charge in [0.15, 0.2) is 11.0 Å². The number of rotatable bonds is 9. The van der Waals surface area contributed by atoms with Gasteiger partial charge in [-0.2, -0.15) is 0 Å². The summed E-state index contributed by atoms with van der Waals surface area (Å²) < 4.78 is 1.99. The number of benzene rings is 2. The molecule has 1 heterocycles. The van der Waals surface area contributed by atoms with Gasteiger partial charge >= 0.3 is 0 Å². The first-order chi connectivity index (χ1) is 14.1. The summed E-state index contributed by atoms with van der Waals surface area (Å²) in [6.45, 7) is 5.75. The minimum absolute atomic E-state index is 0.134. The van der Waals surface area contributed by atoms with E-state index in [0.717, 1.165) is 43.0 Å². The van der Waals surface area contributed by atoms with Crippen molar-refractivity contribution in [2.45, 2.75) is 31.8 Å². The van der Waals surface area contributed by atoms with E-state index in [-0.39, 0.29) is 5.91 Å². The number of hydrogen-bond acceptors (Lipinski definition) is 4. The van der Waals surface area contributed by atoms with Gasteiger partial charge in [0.05, 0.1) is 5.75 Å². The highest BCUT2D eigenvalue weighted by Crippen LogP contribution is 2.28. The van der Waals surface area contributed by atoms with E-state index in [1.807, 2.05) is 64.1 Å². The van der Waals surface area contributed by atoms with E-state index in [4.69, 9.17) is 11.6 Å². The molecule has 0 saturated carbocycles. The summed E-state index contributed by atoms with van der Waals surface area (Å²) in [5.74, 6) is 1.20. The molecule has 0 saturated heterocycles. The molecular formula is C22H25ClN4OS. The highest BCUT2D eigenvalue weighted by Gasteiger charge is 2.19. The number of hydrogen-bond donors (Lipinski definition) is 0. The predicted octanol–water partition coefficient (Wildman–Crippen LogP) is 5.33. The topological polar surface area (TPSA) is 51.0 Å². The van der Waals surface area contributed by atoms with Gasteiger partial charge < -0.3 is 4.90 Å². The lowest BCUT2D eigenvalue weighted by Gasteiger charge is -2.21. The Bertz CT molecular complexity index is 922. The number of carbonyl (C=O) groups is 1. The smallest absolute Gasteiger partial charge is 0.233 e. The lowest BCUT2D eigenvalue weighted by atomic mass is 10.2. The maximum absolute atomic E-state index is 12.7. The Balaban J connectivity index is 1.89. The second kappa shape index (κ2) is 10.5. The standard InChI is InChI=1S/C22H25ClN4OS/c1-3-14-26(15-4-2)20(28)16-29-22-25-24-21(17-10-12-18(23)13-11-17)27(22)19-8-6-5-7-9-19/h5-13H,3-4,14-16H2,1-2H3. The zero-order valence-electron chi connectivity index (χ0n) is 16.7. The number of halogens is 1. The van der Waals surface area contributed by atoms with Gasteiger partial charge in [-0.05, 0) is 49.2 Å². The second-order valence-electron chi connectivity index (χ2n) is 6.65. The molecule has 0 aliphatic heterocycles. The molecule has 152 valence electrons. The highest BCUT2D eigenvalue weighted by molar-refractivity contribution is 7.99. The van der Waals surface area contributed by atoms with Crippen molar-refractivity contribution in [1.82, 2.24) is 19.7 Å². The third-order valence-corrected chi connectivity index (χ3v) is 5.58. The minimum Gasteiger partial charge on any atom is -0.342 e. The van der Waals surface area contributed by atoms with Crippen molar-refractivity contribution in [2.75, 3.05) is 18.8 Å². The monoisotopic (exact) mass is 428 g/mol. The Labute approximate surface area is 181 Å². The fraction of sp³-hybridized carbons (Fsp3) is 0.318. The predicted molar refractivity (Wildman–Crippen MR) is 120 cm³/mol. The summed E-state index contributed by atoms with van der Waals surface area (Å²) in [4.78, 5) is 14.6. The van der Waals surface area contributed by atoms with Crippen LogP contribution in [0.5, 0.6) is 0 Å². The summed E-state index contributed by atoms with van der Waals surface area (Å²) in [7, 11) is 0. The van der Waals surface area contributed by atoms with Gasteiger partial charge in [-0.25, -0.2) is 0 Å². The number of aromatic nitrogens is 3. The largest absolute Gasteiger partial charge is 0.342 e. The van der Waals surface area contributed by atoms with Crippen LogP contribution in [-0.4, -0.2) is 44.4 Å². The van der Waals surface area contributed by atoms with Gasteiger partial charge in [0, 0.05) is 29.4 Å². The first-order valence-electron chi connectivity index (χ1n) is 9.81. The number of carbonyl (C=O) groups excluding carboxylic acids is 1. The molecule has 1 aromatic heterocycles. The number of para-hydroxylation sites is 1. The molecular weight excluding hydrogens is 404 g/mol. The average molecular weight is 429 g/mol. The van der Waals surface area contributed by atoms with Crippen LogP contribution in [0.2, 0.25) is 5.02 Å². The lowest BCUT2D eigenvalue weighted by Crippen LogP contribution is -2.33. The van der Waals surface area contributed by atoms with E-state index >= 15 is 0 Å². The van der Waals surface area contributed by atoms with Crippen LogP contribution in [-0.2, 0) is 4.79 Å². The summed E-state index contributed by atoms with van der Waals surface area (Å²) >= 11 is 7.46. The first-order valence-corrected chi connectivity index (χ1v) is 11.2. The summed E-state index contributed by atoms with van der Waals surface area (Å²) in [6.07, 6.45) is 1.91. The molecule has 1 amide bonds. The van der Waals surface area contributed by atoms with Crippen LogP contribution in [0.15, 0.2) is 59.8 Å². The van der Waals surface area contributed by atoms with Crippen molar-refractivity contribution in [2.24, 2.45) is 0 Å². The Hall–Kier alpha value is -2.31. The van der Waals surface area contributed by atoms with Crippen molar-refractivity contribution in [3.8, 4) is 17.1 Å². The summed E-state index contributed by atoms with van der Waals surface area (Å²) in [5.41, 5.74) is 1.87. The third-order valence-electron chi connectivity index (χ3n) is 4.41. The van der Waals surface area contributed by atoms with Crippen LogP contribution in [0.1, 0.15) is 26.7 Å². The zero-order chi connectivity index (χ0) is 20.6. The molecule has 0 N–H and O–H groups in total. The van der Waals surface area contributed by atoms with E-state index in [1.165, 1.54) is 11.8 Å². The maximum atomic E-state index is 12.7. The minimum atomic E-state index is 0.134. The van der Waals surface area contributed by atoms with Gasteiger partial charge in [0.1, 0.15) is 0 Å². The average Bonchev–Trinajstić information content (AvgIpc) is 3.17. The molecule has 0 spiro atoms.